The highest BCUT2D eigenvalue weighted by Gasteiger charge is 2.09. The van der Waals surface area contributed by atoms with E-state index >= 15 is 0 Å². The molecule has 1 aromatic carbocycles. The third-order valence-corrected chi connectivity index (χ3v) is 2.51. The van der Waals surface area contributed by atoms with E-state index in [1.54, 1.807) is 0 Å². The third-order valence-electron chi connectivity index (χ3n) is 2.51. The monoisotopic (exact) mass is 191 g/mol. The van der Waals surface area contributed by atoms with Crippen molar-refractivity contribution in [2.75, 3.05) is 6.54 Å². The predicted octanol–water partition coefficient (Wildman–Crippen LogP) is 2.85. The quantitative estimate of drug-likeness (QED) is 0.761. The van der Waals surface area contributed by atoms with Gasteiger partial charge in [0.1, 0.15) is 0 Å². The second-order valence-corrected chi connectivity index (χ2v) is 4.42. The smallest absolute Gasteiger partial charge is 0.00456 e. The molecule has 14 heavy (non-hydrogen) atoms. The van der Waals surface area contributed by atoms with Gasteiger partial charge in [-0.3, -0.25) is 0 Å². The molecule has 0 amide bonds. The molecule has 0 unspecified atom stereocenters. The van der Waals surface area contributed by atoms with E-state index in [4.69, 9.17) is 5.73 Å². The number of hydrogen-bond donors (Lipinski definition) is 1. The first-order valence-corrected chi connectivity index (χ1v) is 5.46. The summed E-state index contributed by atoms with van der Waals surface area (Å²) in [7, 11) is 0. The Kier molecular flexibility index (Phi) is 4.68. The third kappa shape index (κ3) is 3.93. The number of rotatable bonds is 5. The summed E-state index contributed by atoms with van der Waals surface area (Å²) in [5, 5.41) is 0. The molecule has 1 nitrogen and oxygen atoms in total. The minimum atomic E-state index is 0.636. The Morgan fingerprint density at radius 1 is 1.14 bits per heavy atom. The molecule has 1 atom stereocenters. The van der Waals surface area contributed by atoms with Crippen LogP contribution >= 0.6 is 0 Å². The van der Waals surface area contributed by atoms with Crippen LogP contribution in [0.5, 0.6) is 0 Å². The molecule has 0 aromatic heterocycles. The maximum atomic E-state index is 5.77. The molecule has 0 fully saturated rings. The summed E-state index contributed by atoms with van der Waals surface area (Å²) in [6, 6.07) is 10.6. The molecule has 0 saturated carbocycles. The Bertz CT molecular complexity index is 241. The average Bonchev–Trinajstić information content (AvgIpc) is 2.17. The lowest BCUT2D eigenvalue weighted by atomic mass is 9.91. The Balaban J connectivity index is 2.48. The fourth-order valence-electron chi connectivity index (χ4n) is 1.88. The molecule has 0 spiro atoms. The van der Waals surface area contributed by atoms with Crippen molar-refractivity contribution >= 4 is 0 Å². The second-order valence-electron chi connectivity index (χ2n) is 4.42. The van der Waals surface area contributed by atoms with Crippen LogP contribution in [0.25, 0.3) is 0 Å². The van der Waals surface area contributed by atoms with Crippen LogP contribution in [-0.2, 0) is 6.42 Å². The van der Waals surface area contributed by atoms with Crippen LogP contribution in [0.2, 0.25) is 0 Å². The normalized spacial score (nSPS) is 13.1. The highest BCUT2D eigenvalue weighted by atomic mass is 14.5. The lowest BCUT2D eigenvalue weighted by Gasteiger charge is -2.16. The molecule has 0 heterocycles. The zero-order valence-corrected chi connectivity index (χ0v) is 9.24. The van der Waals surface area contributed by atoms with Crippen LogP contribution in [0.4, 0.5) is 0 Å². The van der Waals surface area contributed by atoms with Gasteiger partial charge in [0.2, 0.25) is 0 Å². The van der Waals surface area contributed by atoms with Gasteiger partial charge in [-0.1, -0.05) is 44.2 Å². The summed E-state index contributed by atoms with van der Waals surface area (Å²) < 4.78 is 0. The fraction of sp³-hybridized carbons (Fsp3) is 0.538. The topological polar surface area (TPSA) is 26.0 Å². The van der Waals surface area contributed by atoms with Gasteiger partial charge in [0.25, 0.3) is 0 Å². The van der Waals surface area contributed by atoms with E-state index < -0.39 is 0 Å². The average molecular weight is 191 g/mol. The number of nitrogens with two attached hydrogens (primary N) is 1. The Hall–Kier alpha value is -0.820. The summed E-state index contributed by atoms with van der Waals surface area (Å²) >= 11 is 0. The largest absolute Gasteiger partial charge is 0.330 e. The van der Waals surface area contributed by atoms with Gasteiger partial charge >= 0.3 is 0 Å². The van der Waals surface area contributed by atoms with Crippen molar-refractivity contribution in [2.45, 2.75) is 26.7 Å². The molecule has 0 aliphatic heterocycles. The minimum Gasteiger partial charge on any atom is -0.330 e. The Labute approximate surface area is 87.3 Å². The second kappa shape index (κ2) is 5.82. The van der Waals surface area contributed by atoms with Gasteiger partial charge in [0, 0.05) is 0 Å². The first-order chi connectivity index (χ1) is 6.72. The summed E-state index contributed by atoms with van der Waals surface area (Å²) in [6.45, 7) is 5.31. The van der Waals surface area contributed by atoms with E-state index in [1.165, 1.54) is 12.0 Å². The zero-order valence-electron chi connectivity index (χ0n) is 9.24. The van der Waals surface area contributed by atoms with Crippen molar-refractivity contribution in [3.05, 3.63) is 35.9 Å². The van der Waals surface area contributed by atoms with E-state index in [1.807, 2.05) is 0 Å². The SMILES string of the molecule is CC(C)C[C@H](CN)Cc1ccccc1. The molecule has 0 aliphatic carbocycles. The predicted molar refractivity (Wildman–Crippen MR) is 62.1 cm³/mol. The minimum absolute atomic E-state index is 0.636. The van der Waals surface area contributed by atoms with Gasteiger partial charge in [-0.25, -0.2) is 0 Å². The van der Waals surface area contributed by atoms with Crippen molar-refractivity contribution < 1.29 is 0 Å². The molecule has 78 valence electrons. The first kappa shape index (κ1) is 11.3. The molecular weight excluding hydrogens is 170 g/mol. The van der Waals surface area contributed by atoms with Crippen LogP contribution in [-0.4, -0.2) is 6.54 Å². The lowest BCUT2D eigenvalue weighted by Crippen LogP contribution is -2.18. The Morgan fingerprint density at radius 3 is 2.29 bits per heavy atom. The van der Waals surface area contributed by atoms with Gasteiger partial charge < -0.3 is 5.73 Å². The molecule has 2 N–H and O–H groups in total. The van der Waals surface area contributed by atoms with Crippen molar-refractivity contribution in [3.63, 3.8) is 0 Å². The van der Waals surface area contributed by atoms with E-state index in [0.29, 0.717) is 5.92 Å². The molecule has 0 radical (unpaired) electrons. The molecule has 0 aliphatic rings. The summed E-state index contributed by atoms with van der Waals surface area (Å²) in [5.41, 5.74) is 7.18. The number of hydrogen-bond acceptors (Lipinski definition) is 1. The molecule has 0 saturated heterocycles. The fourth-order valence-corrected chi connectivity index (χ4v) is 1.88. The van der Waals surface area contributed by atoms with E-state index in [0.717, 1.165) is 18.9 Å². The first-order valence-electron chi connectivity index (χ1n) is 5.46. The molecule has 1 aromatic rings. The van der Waals surface area contributed by atoms with Crippen LogP contribution in [0, 0.1) is 11.8 Å². The highest BCUT2D eigenvalue weighted by molar-refractivity contribution is 5.15. The van der Waals surface area contributed by atoms with E-state index in [2.05, 4.69) is 44.2 Å². The van der Waals surface area contributed by atoms with Crippen molar-refractivity contribution in [2.24, 2.45) is 17.6 Å². The summed E-state index contributed by atoms with van der Waals surface area (Å²) in [4.78, 5) is 0. The van der Waals surface area contributed by atoms with Gasteiger partial charge in [-0.2, -0.15) is 0 Å². The molecule has 1 heteroatoms. The molecule has 0 bridgehead atoms. The van der Waals surface area contributed by atoms with Gasteiger partial charge in [-0.05, 0) is 36.8 Å². The van der Waals surface area contributed by atoms with E-state index in [9.17, 15) is 0 Å². The molecular formula is C13H21N. The lowest BCUT2D eigenvalue weighted by molar-refractivity contribution is 0.415. The summed E-state index contributed by atoms with van der Waals surface area (Å²) in [5.74, 6) is 1.38. The summed E-state index contributed by atoms with van der Waals surface area (Å²) in [6.07, 6.45) is 2.35. The van der Waals surface area contributed by atoms with Crippen molar-refractivity contribution in [1.82, 2.24) is 0 Å². The van der Waals surface area contributed by atoms with Crippen LogP contribution in [0.15, 0.2) is 30.3 Å². The standard InChI is InChI=1S/C13H21N/c1-11(2)8-13(10-14)9-12-6-4-3-5-7-12/h3-7,11,13H,8-10,14H2,1-2H3/t13-/m0/s1. The maximum absolute atomic E-state index is 5.77. The highest BCUT2D eigenvalue weighted by Crippen LogP contribution is 2.15. The van der Waals surface area contributed by atoms with Crippen molar-refractivity contribution in [3.8, 4) is 0 Å². The van der Waals surface area contributed by atoms with E-state index in [-0.39, 0.29) is 0 Å². The van der Waals surface area contributed by atoms with Gasteiger partial charge in [-0.15, -0.1) is 0 Å². The van der Waals surface area contributed by atoms with Gasteiger partial charge in [0.05, 0.1) is 0 Å². The number of benzene rings is 1. The Morgan fingerprint density at radius 2 is 1.79 bits per heavy atom. The van der Waals surface area contributed by atoms with Gasteiger partial charge in [0.15, 0.2) is 0 Å². The maximum Gasteiger partial charge on any atom is -0.00456 e. The van der Waals surface area contributed by atoms with Crippen LogP contribution in [0.1, 0.15) is 25.8 Å². The molecule has 1 rings (SSSR count). The van der Waals surface area contributed by atoms with Crippen molar-refractivity contribution in [1.29, 1.82) is 0 Å². The van der Waals surface area contributed by atoms with Crippen LogP contribution < -0.4 is 5.73 Å². The zero-order chi connectivity index (χ0) is 10.4. The van der Waals surface area contributed by atoms with Crippen LogP contribution in [0.3, 0.4) is 0 Å².